The van der Waals surface area contributed by atoms with Crippen LogP contribution in [-0.4, -0.2) is 29.2 Å². The Kier molecular flexibility index (Phi) is 5.23. The molecular formula is C24H19N5O3S. The number of aromatic nitrogens is 3. The molecule has 8 nitrogen and oxygen atoms in total. The first kappa shape index (κ1) is 21.0. The summed E-state index contributed by atoms with van der Waals surface area (Å²) in [5.74, 6) is 0.874. The van der Waals surface area contributed by atoms with Gasteiger partial charge >= 0.3 is 0 Å². The lowest BCUT2D eigenvalue weighted by Crippen LogP contribution is -2.13. The highest BCUT2D eigenvalue weighted by Gasteiger charge is 2.30. The fraction of sp³-hybridized carbons (Fsp3) is 0.208. The molecule has 0 bridgehead atoms. The van der Waals surface area contributed by atoms with Gasteiger partial charge in [-0.1, -0.05) is 24.3 Å². The number of nitrogens with one attached hydrogen (secondary N) is 1. The lowest BCUT2D eigenvalue weighted by Gasteiger charge is -2.12. The van der Waals surface area contributed by atoms with Gasteiger partial charge in [0.2, 0.25) is 0 Å². The van der Waals surface area contributed by atoms with Crippen LogP contribution in [0, 0.1) is 17.2 Å². The fourth-order valence-electron chi connectivity index (χ4n) is 3.71. The summed E-state index contributed by atoms with van der Waals surface area (Å²) in [6.45, 7) is 0. The monoisotopic (exact) mass is 457 g/mol. The molecule has 0 spiro atoms. The van der Waals surface area contributed by atoms with Gasteiger partial charge in [0.25, 0.3) is 10.0 Å². The lowest BCUT2D eigenvalue weighted by atomic mass is 10.0. The van der Waals surface area contributed by atoms with Crippen molar-refractivity contribution < 1.29 is 13.2 Å². The Morgan fingerprint density at radius 2 is 1.91 bits per heavy atom. The highest BCUT2D eigenvalue weighted by atomic mass is 32.2. The van der Waals surface area contributed by atoms with Crippen LogP contribution in [-0.2, 0) is 27.7 Å². The first-order valence-corrected chi connectivity index (χ1v) is 12.0. The summed E-state index contributed by atoms with van der Waals surface area (Å²) in [4.78, 5) is 25.3. The van der Waals surface area contributed by atoms with E-state index in [9.17, 15) is 13.2 Å². The average molecular weight is 458 g/mol. The Balaban J connectivity index is 1.40. The SMILES string of the molecule is N#Cc1ccc(S(=O)(=O)Nc2ccc(-c3nc(CC(=O)C4CC4)nc4c3C=CC4)cc2)cn1. The number of sulfonamides is 1. The zero-order valence-electron chi connectivity index (χ0n) is 17.5. The van der Waals surface area contributed by atoms with E-state index in [1.807, 2.05) is 18.2 Å². The van der Waals surface area contributed by atoms with E-state index in [1.165, 1.54) is 12.1 Å². The molecule has 5 rings (SSSR count). The third kappa shape index (κ3) is 4.38. The number of fused-ring (bicyclic) bond motifs is 1. The number of pyridine rings is 1. The number of carbonyl (C=O) groups excluding carboxylic acids is 1. The van der Waals surface area contributed by atoms with Crippen molar-refractivity contribution in [2.24, 2.45) is 5.92 Å². The second-order valence-electron chi connectivity index (χ2n) is 8.05. The number of ketones is 1. The number of hydrogen-bond donors (Lipinski definition) is 1. The molecule has 0 amide bonds. The van der Waals surface area contributed by atoms with Crippen molar-refractivity contribution in [2.45, 2.75) is 30.6 Å². The third-order valence-corrected chi connectivity index (χ3v) is 6.97. The summed E-state index contributed by atoms with van der Waals surface area (Å²) >= 11 is 0. The molecule has 0 radical (unpaired) electrons. The number of anilines is 1. The van der Waals surface area contributed by atoms with E-state index in [2.05, 4.69) is 19.7 Å². The van der Waals surface area contributed by atoms with E-state index in [-0.39, 0.29) is 28.7 Å². The summed E-state index contributed by atoms with van der Waals surface area (Å²) in [5, 5.41) is 8.82. The molecule has 2 aromatic heterocycles. The van der Waals surface area contributed by atoms with Gasteiger partial charge in [0.1, 0.15) is 28.3 Å². The molecule has 0 atom stereocenters. The molecule has 164 valence electrons. The van der Waals surface area contributed by atoms with Crippen LogP contribution in [0.1, 0.15) is 35.6 Å². The van der Waals surface area contributed by atoms with Gasteiger partial charge in [-0.15, -0.1) is 0 Å². The van der Waals surface area contributed by atoms with Gasteiger partial charge in [-0.3, -0.25) is 9.52 Å². The maximum Gasteiger partial charge on any atom is 0.263 e. The molecule has 0 saturated heterocycles. The van der Waals surface area contributed by atoms with Crippen LogP contribution < -0.4 is 4.72 Å². The molecule has 2 aliphatic rings. The Morgan fingerprint density at radius 1 is 1.12 bits per heavy atom. The van der Waals surface area contributed by atoms with Crippen LogP contribution in [0.15, 0.2) is 53.6 Å². The maximum atomic E-state index is 12.6. The van der Waals surface area contributed by atoms with Gasteiger partial charge in [-0.25, -0.2) is 23.4 Å². The average Bonchev–Trinajstić information content (AvgIpc) is 3.57. The lowest BCUT2D eigenvalue weighted by molar-refractivity contribution is -0.119. The van der Waals surface area contributed by atoms with Gasteiger partial charge in [-0.05, 0) is 37.1 Å². The van der Waals surface area contributed by atoms with Crippen molar-refractivity contribution in [1.29, 1.82) is 5.26 Å². The molecular weight excluding hydrogens is 438 g/mol. The normalized spacial score (nSPS) is 14.5. The minimum Gasteiger partial charge on any atom is -0.299 e. The quantitative estimate of drug-likeness (QED) is 0.577. The van der Waals surface area contributed by atoms with Crippen molar-refractivity contribution in [3.8, 4) is 17.3 Å². The molecule has 33 heavy (non-hydrogen) atoms. The predicted octanol–water partition coefficient (Wildman–Crippen LogP) is 3.30. The number of nitriles is 1. The molecule has 1 N–H and O–H groups in total. The Bertz CT molecular complexity index is 1420. The van der Waals surface area contributed by atoms with Gasteiger partial charge in [0.05, 0.1) is 17.8 Å². The number of rotatable bonds is 7. The topological polar surface area (TPSA) is 126 Å². The minimum absolute atomic E-state index is 0.0331. The van der Waals surface area contributed by atoms with Crippen LogP contribution in [0.2, 0.25) is 0 Å². The van der Waals surface area contributed by atoms with Crippen molar-refractivity contribution in [3.05, 3.63) is 71.4 Å². The van der Waals surface area contributed by atoms with Gasteiger partial charge < -0.3 is 0 Å². The Hall–Kier alpha value is -3.90. The van der Waals surface area contributed by atoms with Crippen molar-refractivity contribution in [2.75, 3.05) is 4.72 Å². The summed E-state index contributed by atoms with van der Waals surface area (Å²) in [7, 11) is -3.84. The number of benzene rings is 1. The van der Waals surface area contributed by atoms with E-state index in [0.717, 1.165) is 41.6 Å². The fourth-order valence-corrected chi connectivity index (χ4v) is 4.71. The molecule has 1 saturated carbocycles. The molecule has 0 aliphatic heterocycles. The number of nitrogens with zero attached hydrogens (tertiary/aromatic N) is 4. The van der Waals surface area contributed by atoms with E-state index in [4.69, 9.17) is 5.26 Å². The second kappa shape index (κ2) is 8.22. The van der Waals surface area contributed by atoms with Crippen molar-refractivity contribution >= 4 is 27.6 Å². The Labute approximate surface area is 191 Å². The van der Waals surface area contributed by atoms with Crippen LogP contribution in [0.5, 0.6) is 0 Å². The van der Waals surface area contributed by atoms with E-state index in [1.54, 1.807) is 24.3 Å². The molecule has 2 aliphatic carbocycles. The van der Waals surface area contributed by atoms with Crippen molar-refractivity contribution in [1.82, 2.24) is 15.0 Å². The molecule has 1 aromatic carbocycles. The number of allylic oxidation sites excluding steroid dienone is 1. The molecule has 3 aromatic rings. The summed E-state index contributed by atoms with van der Waals surface area (Å²) in [6, 6.07) is 11.4. The van der Waals surface area contributed by atoms with E-state index < -0.39 is 10.0 Å². The summed E-state index contributed by atoms with van der Waals surface area (Å²) in [5.41, 5.74) is 3.89. The van der Waals surface area contributed by atoms with E-state index >= 15 is 0 Å². The largest absolute Gasteiger partial charge is 0.299 e. The molecule has 9 heteroatoms. The highest BCUT2D eigenvalue weighted by molar-refractivity contribution is 7.92. The number of carbonyl (C=O) groups is 1. The van der Waals surface area contributed by atoms with Gasteiger partial charge in [0, 0.05) is 35.3 Å². The standard InChI is InChI=1S/C24H19N5O3S/c25-13-18-10-11-19(14-26-18)33(31,32)29-17-8-6-16(7-9-17)24-20-2-1-3-21(20)27-23(28-24)12-22(30)15-4-5-15/h1-2,6-11,14-15,29H,3-5,12H2. The molecule has 2 heterocycles. The van der Waals surface area contributed by atoms with Crippen LogP contribution in [0.4, 0.5) is 5.69 Å². The van der Waals surface area contributed by atoms with Crippen LogP contribution >= 0.6 is 0 Å². The second-order valence-corrected chi connectivity index (χ2v) is 9.73. The predicted molar refractivity (Wildman–Crippen MR) is 121 cm³/mol. The zero-order chi connectivity index (χ0) is 23.0. The summed E-state index contributed by atoms with van der Waals surface area (Å²) < 4.78 is 27.8. The summed E-state index contributed by atoms with van der Waals surface area (Å²) in [6.07, 6.45) is 7.99. The van der Waals surface area contributed by atoms with Gasteiger partial charge in [0.15, 0.2) is 0 Å². The zero-order valence-corrected chi connectivity index (χ0v) is 18.3. The third-order valence-electron chi connectivity index (χ3n) is 5.60. The number of hydrogen-bond acceptors (Lipinski definition) is 7. The first-order chi connectivity index (χ1) is 15.9. The first-order valence-electron chi connectivity index (χ1n) is 10.5. The van der Waals surface area contributed by atoms with Crippen molar-refractivity contribution in [3.63, 3.8) is 0 Å². The van der Waals surface area contributed by atoms with Crippen LogP contribution in [0.25, 0.3) is 17.3 Å². The maximum absolute atomic E-state index is 12.6. The smallest absolute Gasteiger partial charge is 0.263 e. The van der Waals surface area contributed by atoms with Gasteiger partial charge in [-0.2, -0.15) is 5.26 Å². The van der Waals surface area contributed by atoms with Crippen LogP contribution in [0.3, 0.4) is 0 Å². The molecule has 1 fully saturated rings. The minimum atomic E-state index is -3.84. The molecule has 0 unspecified atom stereocenters. The highest BCUT2D eigenvalue weighted by Crippen LogP contribution is 2.33. The number of Topliss-reactive ketones (excluding diaryl/α,β-unsaturated/α-hetero) is 1. The van der Waals surface area contributed by atoms with E-state index in [0.29, 0.717) is 17.9 Å². The Morgan fingerprint density at radius 3 is 2.58 bits per heavy atom.